The van der Waals surface area contributed by atoms with Crippen molar-refractivity contribution < 1.29 is 30.2 Å². The summed E-state index contributed by atoms with van der Waals surface area (Å²) in [6, 6.07) is 14.6. The van der Waals surface area contributed by atoms with Gasteiger partial charge in [0.15, 0.2) is 0 Å². The highest BCUT2D eigenvalue weighted by molar-refractivity contribution is 7.88. The molecule has 0 spiro atoms. The van der Waals surface area contributed by atoms with Crippen LogP contribution in [-0.4, -0.2) is 13.9 Å². The van der Waals surface area contributed by atoms with Crippen molar-refractivity contribution in [3.05, 3.63) is 66.5 Å². The number of rotatable bonds is 3. The summed E-state index contributed by atoms with van der Waals surface area (Å²) in [6.07, 6.45) is 0. The molecule has 3 aromatic carbocycles. The summed E-state index contributed by atoms with van der Waals surface area (Å²) >= 11 is 0. The van der Waals surface area contributed by atoms with Crippen LogP contribution in [0.1, 0.15) is 0 Å². The lowest BCUT2D eigenvalue weighted by Gasteiger charge is -2.11. The van der Waals surface area contributed by atoms with Crippen molar-refractivity contribution in [3.63, 3.8) is 0 Å². The van der Waals surface area contributed by atoms with E-state index in [1.807, 2.05) is 0 Å². The van der Waals surface area contributed by atoms with E-state index in [1.54, 1.807) is 30.3 Å². The number of benzene rings is 3. The number of halogens is 4. The molecular weight excluding hydrogens is 360 g/mol. The lowest BCUT2D eigenvalue weighted by Crippen LogP contribution is -2.28. The Labute approximate surface area is 140 Å². The predicted molar refractivity (Wildman–Crippen MR) is 84.9 cm³/mol. The van der Waals surface area contributed by atoms with Crippen LogP contribution in [0.25, 0.3) is 21.9 Å². The van der Waals surface area contributed by atoms with Crippen molar-refractivity contribution in [1.29, 1.82) is 0 Å². The van der Waals surface area contributed by atoms with E-state index in [9.17, 15) is 26.0 Å². The van der Waals surface area contributed by atoms with E-state index in [1.165, 1.54) is 24.3 Å². The highest BCUT2D eigenvalue weighted by Crippen LogP contribution is 2.33. The van der Waals surface area contributed by atoms with Crippen molar-refractivity contribution >= 4 is 20.9 Å². The van der Waals surface area contributed by atoms with Crippen LogP contribution in [0, 0.1) is 5.82 Å². The molecule has 25 heavy (non-hydrogen) atoms. The molecule has 3 nitrogen and oxygen atoms in total. The molecule has 8 heteroatoms. The normalized spacial score (nSPS) is 12.3. The lowest BCUT2D eigenvalue weighted by atomic mass is 9.98. The maximum Gasteiger partial charge on any atom is 0.534 e. The Balaban J connectivity index is 2.05. The fourth-order valence-corrected chi connectivity index (χ4v) is 2.82. The van der Waals surface area contributed by atoms with E-state index in [-0.39, 0.29) is 0 Å². The third-order valence-corrected chi connectivity index (χ3v) is 4.48. The van der Waals surface area contributed by atoms with Gasteiger partial charge in [0, 0.05) is 0 Å². The van der Waals surface area contributed by atoms with Gasteiger partial charge in [-0.3, -0.25) is 0 Å². The third-order valence-electron chi connectivity index (χ3n) is 3.50. The zero-order valence-electron chi connectivity index (χ0n) is 12.4. The second kappa shape index (κ2) is 6.03. The van der Waals surface area contributed by atoms with Gasteiger partial charge in [-0.05, 0) is 46.2 Å². The van der Waals surface area contributed by atoms with Crippen LogP contribution in [0.2, 0.25) is 0 Å². The second-order valence-electron chi connectivity index (χ2n) is 5.18. The monoisotopic (exact) mass is 370 g/mol. The molecule has 0 atom stereocenters. The predicted octanol–water partition coefficient (Wildman–Crippen LogP) is 4.87. The van der Waals surface area contributed by atoms with Gasteiger partial charge >= 0.3 is 15.6 Å². The molecule has 0 N–H and O–H groups in total. The molecule has 3 rings (SSSR count). The summed E-state index contributed by atoms with van der Waals surface area (Å²) in [5.74, 6) is -0.835. The van der Waals surface area contributed by atoms with E-state index in [0.717, 1.165) is 11.6 Å². The smallest absolute Gasteiger partial charge is 0.376 e. The fraction of sp³-hybridized carbons (Fsp3) is 0.0588. The minimum absolute atomic E-state index is 0.392. The molecule has 0 radical (unpaired) electrons. The first-order chi connectivity index (χ1) is 11.7. The Kier molecular flexibility index (Phi) is 4.16. The molecule has 0 aliphatic carbocycles. The summed E-state index contributed by atoms with van der Waals surface area (Å²) in [5, 5.41) is 1.14. The summed E-state index contributed by atoms with van der Waals surface area (Å²) < 4.78 is 76.6. The summed E-state index contributed by atoms with van der Waals surface area (Å²) in [7, 11) is -5.73. The summed E-state index contributed by atoms with van der Waals surface area (Å²) in [4.78, 5) is 0. The van der Waals surface area contributed by atoms with Crippen molar-refractivity contribution in [2.24, 2.45) is 0 Å². The minimum Gasteiger partial charge on any atom is -0.376 e. The van der Waals surface area contributed by atoms with E-state index in [4.69, 9.17) is 0 Å². The molecule has 0 aromatic heterocycles. The third kappa shape index (κ3) is 3.43. The van der Waals surface area contributed by atoms with Gasteiger partial charge in [0.1, 0.15) is 11.6 Å². The second-order valence-corrected chi connectivity index (χ2v) is 6.72. The van der Waals surface area contributed by atoms with Crippen LogP contribution in [-0.2, 0) is 10.1 Å². The standard InChI is InChI=1S/C17H10F4O3S/c18-13-6-4-11(5-7-13)15-3-1-2-12-10-14(8-9-16(12)15)24-25(22,23)17(19,20)21/h1-10H. The van der Waals surface area contributed by atoms with Gasteiger partial charge in [-0.15, -0.1) is 0 Å². The average Bonchev–Trinajstić information content (AvgIpc) is 2.53. The van der Waals surface area contributed by atoms with Crippen LogP contribution in [0.4, 0.5) is 17.6 Å². The number of alkyl halides is 3. The highest BCUT2D eigenvalue weighted by atomic mass is 32.2. The largest absolute Gasteiger partial charge is 0.534 e. The van der Waals surface area contributed by atoms with Gasteiger partial charge in [0.2, 0.25) is 0 Å². The zero-order valence-corrected chi connectivity index (χ0v) is 13.2. The van der Waals surface area contributed by atoms with Crippen LogP contribution >= 0.6 is 0 Å². The quantitative estimate of drug-likeness (QED) is 0.375. The molecule has 0 amide bonds. The van der Waals surface area contributed by atoms with Gasteiger partial charge in [-0.25, -0.2) is 4.39 Å². The zero-order chi connectivity index (χ0) is 18.2. The van der Waals surface area contributed by atoms with E-state index in [0.29, 0.717) is 16.3 Å². The Morgan fingerprint density at radius 2 is 1.56 bits per heavy atom. The molecule has 0 fully saturated rings. The van der Waals surface area contributed by atoms with Gasteiger partial charge in [-0.2, -0.15) is 21.6 Å². The Bertz CT molecular complexity index is 1030. The number of hydrogen-bond donors (Lipinski definition) is 0. The van der Waals surface area contributed by atoms with E-state index in [2.05, 4.69) is 4.18 Å². The SMILES string of the molecule is O=S(=O)(Oc1ccc2c(-c3ccc(F)cc3)cccc2c1)C(F)(F)F. The fourth-order valence-electron chi connectivity index (χ4n) is 2.37. The van der Waals surface area contributed by atoms with Crippen LogP contribution in [0.15, 0.2) is 60.7 Å². The molecule has 3 aromatic rings. The van der Waals surface area contributed by atoms with E-state index < -0.39 is 27.2 Å². The van der Waals surface area contributed by atoms with Gasteiger partial charge in [0.05, 0.1) is 0 Å². The first-order valence-electron chi connectivity index (χ1n) is 6.97. The van der Waals surface area contributed by atoms with Crippen molar-refractivity contribution in [2.75, 3.05) is 0 Å². The average molecular weight is 370 g/mol. The first-order valence-corrected chi connectivity index (χ1v) is 8.38. The molecule has 0 unspecified atom stereocenters. The molecule has 0 bridgehead atoms. The summed E-state index contributed by atoms with van der Waals surface area (Å²) in [6.45, 7) is 0. The maximum atomic E-state index is 13.1. The van der Waals surface area contributed by atoms with Gasteiger partial charge in [0.25, 0.3) is 0 Å². The van der Waals surface area contributed by atoms with Crippen LogP contribution in [0.5, 0.6) is 5.75 Å². The van der Waals surface area contributed by atoms with Crippen molar-refractivity contribution in [1.82, 2.24) is 0 Å². The van der Waals surface area contributed by atoms with Crippen LogP contribution < -0.4 is 4.18 Å². The highest BCUT2D eigenvalue weighted by Gasteiger charge is 2.48. The number of hydrogen-bond acceptors (Lipinski definition) is 3. The van der Waals surface area contributed by atoms with Crippen molar-refractivity contribution in [2.45, 2.75) is 5.51 Å². The number of fused-ring (bicyclic) bond motifs is 1. The molecule has 0 saturated carbocycles. The Hall–Kier alpha value is -2.61. The molecule has 0 aliphatic rings. The van der Waals surface area contributed by atoms with E-state index >= 15 is 0 Å². The summed E-state index contributed by atoms with van der Waals surface area (Å²) in [5.41, 5.74) is -4.07. The molecule has 0 aliphatic heterocycles. The molecular formula is C17H10F4O3S. The molecule has 0 heterocycles. The topological polar surface area (TPSA) is 43.4 Å². The lowest BCUT2D eigenvalue weighted by molar-refractivity contribution is -0.0500. The first kappa shape index (κ1) is 17.2. The van der Waals surface area contributed by atoms with Gasteiger partial charge in [-0.1, -0.05) is 36.4 Å². The molecule has 130 valence electrons. The van der Waals surface area contributed by atoms with Crippen molar-refractivity contribution in [3.8, 4) is 16.9 Å². The maximum absolute atomic E-state index is 13.1. The Morgan fingerprint density at radius 3 is 2.20 bits per heavy atom. The molecule has 0 saturated heterocycles. The van der Waals surface area contributed by atoms with Gasteiger partial charge < -0.3 is 4.18 Å². The Morgan fingerprint density at radius 1 is 0.880 bits per heavy atom. The minimum atomic E-state index is -5.73. The van der Waals surface area contributed by atoms with Crippen LogP contribution in [0.3, 0.4) is 0 Å².